The van der Waals surface area contributed by atoms with Crippen LogP contribution in [0.25, 0.3) is 10.2 Å². The molecule has 3 nitrogen and oxygen atoms in total. The van der Waals surface area contributed by atoms with Crippen molar-refractivity contribution in [3.63, 3.8) is 0 Å². The Kier molecular flexibility index (Phi) is 4.03. The molecule has 0 aliphatic heterocycles. The van der Waals surface area contributed by atoms with Crippen LogP contribution < -0.4 is 5.32 Å². The number of hydrogen-bond acceptors (Lipinski definition) is 3. The fourth-order valence-corrected chi connectivity index (χ4v) is 3.09. The second-order valence-electron chi connectivity index (χ2n) is 4.78. The van der Waals surface area contributed by atoms with Crippen LogP contribution in [-0.2, 0) is 0 Å². The molecular formula is C16H13BrN2OS. The van der Waals surface area contributed by atoms with Crippen molar-refractivity contribution < 1.29 is 4.79 Å². The maximum atomic E-state index is 12.3. The number of nitrogens with zero attached hydrogens (tertiary/aromatic N) is 1. The van der Waals surface area contributed by atoms with Crippen LogP contribution in [0.4, 0.5) is 0 Å². The van der Waals surface area contributed by atoms with E-state index in [1.807, 2.05) is 49.4 Å². The number of hydrogen-bond donors (Lipinski definition) is 1. The van der Waals surface area contributed by atoms with Gasteiger partial charge in [0.2, 0.25) is 0 Å². The minimum atomic E-state index is -0.0688. The first-order valence-corrected chi connectivity index (χ1v) is 8.20. The Morgan fingerprint density at radius 3 is 2.76 bits per heavy atom. The van der Waals surface area contributed by atoms with E-state index in [-0.39, 0.29) is 11.9 Å². The summed E-state index contributed by atoms with van der Waals surface area (Å²) in [6.45, 7) is 1.98. The Hall–Kier alpha value is -1.72. The maximum absolute atomic E-state index is 12.3. The third-order valence-electron chi connectivity index (χ3n) is 3.31. The summed E-state index contributed by atoms with van der Waals surface area (Å²) in [6, 6.07) is 13.5. The van der Waals surface area contributed by atoms with Crippen LogP contribution >= 0.6 is 27.3 Å². The number of thiazole rings is 1. The number of carbonyl (C=O) groups excluding carboxylic acids is 1. The standard InChI is InChI=1S/C16H13BrN2OS/c1-10(11-2-5-13(17)6-3-11)19-16(20)12-4-7-14-15(8-12)21-9-18-14/h2-10H,1H3,(H,19,20)/t10-/m0/s1. The highest BCUT2D eigenvalue weighted by Crippen LogP contribution is 2.20. The van der Waals surface area contributed by atoms with Crippen LogP contribution in [0.2, 0.25) is 0 Å². The zero-order chi connectivity index (χ0) is 14.8. The Balaban J connectivity index is 1.77. The molecule has 0 fully saturated rings. The predicted octanol–water partition coefficient (Wildman–Crippen LogP) is 4.55. The van der Waals surface area contributed by atoms with Gasteiger partial charge in [-0.25, -0.2) is 4.98 Å². The summed E-state index contributed by atoms with van der Waals surface area (Å²) in [7, 11) is 0. The first-order valence-electron chi connectivity index (χ1n) is 6.53. The second kappa shape index (κ2) is 5.95. The molecule has 106 valence electrons. The van der Waals surface area contributed by atoms with Gasteiger partial charge in [-0.2, -0.15) is 0 Å². The quantitative estimate of drug-likeness (QED) is 0.744. The molecule has 0 aliphatic rings. The van der Waals surface area contributed by atoms with Crippen molar-refractivity contribution in [2.24, 2.45) is 0 Å². The summed E-state index contributed by atoms with van der Waals surface area (Å²) in [5.41, 5.74) is 4.45. The van der Waals surface area contributed by atoms with E-state index in [1.54, 1.807) is 5.51 Å². The third-order valence-corrected chi connectivity index (χ3v) is 4.63. The molecule has 1 heterocycles. The van der Waals surface area contributed by atoms with E-state index >= 15 is 0 Å². The van der Waals surface area contributed by atoms with Crippen LogP contribution in [0, 0.1) is 0 Å². The Morgan fingerprint density at radius 2 is 2.00 bits per heavy atom. The molecule has 21 heavy (non-hydrogen) atoms. The van der Waals surface area contributed by atoms with Crippen molar-refractivity contribution >= 4 is 43.4 Å². The largest absolute Gasteiger partial charge is 0.346 e. The minimum absolute atomic E-state index is 0.0391. The van der Waals surface area contributed by atoms with Gasteiger partial charge in [0.1, 0.15) is 0 Å². The number of halogens is 1. The Labute approximate surface area is 135 Å². The lowest BCUT2D eigenvalue weighted by Gasteiger charge is -2.14. The molecular weight excluding hydrogens is 348 g/mol. The summed E-state index contributed by atoms with van der Waals surface area (Å²) >= 11 is 4.95. The van der Waals surface area contributed by atoms with E-state index < -0.39 is 0 Å². The molecule has 0 saturated carbocycles. The van der Waals surface area contributed by atoms with Crippen molar-refractivity contribution in [1.29, 1.82) is 0 Å². The molecule has 2 aromatic carbocycles. The lowest BCUT2D eigenvalue weighted by molar-refractivity contribution is 0.0940. The molecule has 1 atom stereocenters. The molecule has 1 N–H and O–H groups in total. The number of aromatic nitrogens is 1. The number of rotatable bonds is 3. The molecule has 0 saturated heterocycles. The lowest BCUT2D eigenvalue weighted by atomic mass is 10.1. The number of benzene rings is 2. The lowest BCUT2D eigenvalue weighted by Crippen LogP contribution is -2.26. The van der Waals surface area contributed by atoms with Crippen molar-refractivity contribution in [3.8, 4) is 0 Å². The van der Waals surface area contributed by atoms with E-state index in [2.05, 4.69) is 26.2 Å². The van der Waals surface area contributed by atoms with E-state index in [0.29, 0.717) is 5.56 Å². The maximum Gasteiger partial charge on any atom is 0.251 e. The first kappa shape index (κ1) is 14.2. The highest BCUT2D eigenvalue weighted by atomic mass is 79.9. The molecule has 0 bridgehead atoms. The molecule has 1 amide bonds. The number of amides is 1. The highest BCUT2D eigenvalue weighted by molar-refractivity contribution is 9.10. The number of nitrogens with one attached hydrogen (secondary N) is 1. The van der Waals surface area contributed by atoms with Gasteiger partial charge in [0.05, 0.1) is 21.8 Å². The highest BCUT2D eigenvalue weighted by Gasteiger charge is 2.12. The van der Waals surface area contributed by atoms with E-state index in [0.717, 1.165) is 20.3 Å². The van der Waals surface area contributed by atoms with Crippen LogP contribution in [-0.4, -0.2) is 10.9 Å². The summed E-state index contributed by atoms with van der Waals surface area (Å²) in [4.78, 5) is 16.5. The van der Waals surface area contributed by atoms with Gasteiger partial charge in [0.25, 0.3) is 5.91 Å². The Bertz CT molecular complexity index is 782. The molecule has 5 heteroatoms. The summed E-state index contributed by atoms with van der Waals surface area (Å²) in [5.74, 6) is -0.0688. The molecule has 0 spiro atoms. The van der Waals surface area contributed by atoms with Gasteiger partial charge in [-0.05, 0) is 42.8 Å². The van der Waals surface area contributed by atoms with Crippen molar-refractivity contribution in [2.45, 2.75) is 13.0 Å². The summed E-state index contributed by atoms with van der Waals surface area (Å²) in [6.07, 6.45) is 0. The second-order valence-corrected chi connectivity index (χ2v) is 6.58. The zero-order valence-electron chi connectivity index (χ0n) is 11.3. The number of fused-ring (bicyclic) bond motifs is 1. The van der Waals surface area contributed by atoms with Gasteiger partial charge in [-0.3, -0.25) is 4.79 Å². The van der Waals surface area contributed by atoms with Crippen LogP contribution in [0.15, 0.2) is 52.4 Å². The zero-order valence-corrected chi connectivity index (χ0v) is 13.7. The molecule has 0 unspecified atom stereocenters. The predicted molar refractivity (Wildman–Crippen MR) is 89.6 cm³/mol. The average molecular weight is 361 g/mol. The monoisotopic (exact) mass is 360 g/mol. The molecule has 0 aliphatic carbocycles. The number of carbonyl (C=O) groups is 1. The first-order chi connectivity index (χ1) is 10.1. The summed E-state index contributed by atoms with van der Waals surface area (Å²) in [5, 5.41) is 3.02. The van der Waals surface area contributed by atoms with Crippen LogP contribution in [0.5, 0.6) is 0 Å². The van der Waals surface area contributed by atoms with Crippen LogP contribution in [0.1, 0.15) is 28.9 Å². The fourth-order valence-electron chi connectivity index (χ4n) is 2.11. The van der Waals surface area contributed by atoms with E-state index in [9.17, 15) is 4.79 Å². The molecule has 3 aromatic rings. The van der Waals surface area contributed by atoms with Crippen molar-refractivity contribution in [1.82, 2.24) is 10.3 Å². The molecule has 1 aromatic heterocycles. The van der Waals surface area contributed by atoms with Crippen LogP contribution in [0.3, 0.4) is 0 Å². The minimum Gasteiger partial charge on any atom is -0.346 e. The van der Waals surface area contributed by atoms with E-state index in [1.165, 1.54) is 11.3 Å². The van der Waals surface area contributed by atoms with Gasteiger partial charge in [-0.15, -0.1) is 11.3 Å². The van der Waals surface area contributed by atoms with Gasteiger partial charge in [-0.1, -0.05) is 28.1 Å². The third kappa shape index (κ3) is 3.14. The molecule has 0 radical (unpaired) electrons. The van der Waals surface area contributed by atoms with Crippen molar-refractivity contribution in [3.05, 3.63) is 63.6 Å². The SMILES string of the molecule is C[C@H](NC(=O)c1ccc2ncsc2c1)c1ccc(Br)cc1. The van der Waals surface area contributed by atoms with Gasteiger partial charge in [0.15, 0.2) is 0 Å². The smallest absolute Gasteiger partial charge is 0.251 e. The Morgan fingerprint density at radius 1 is 1.24 bits per heavy atom. The molecule has 3 rings (SSSR count). The van der Waals surface area contributed by atoms with Gasteiger partial charge in [0, 0.05) is 10.0 Å². The summed E-state index contributed by atoms with van der Waals surface area (Å²) < 4.78 is 2.05. The van der Waals surface area contributed by atoms with E-state index in [4.69, 9.17) is 0 Å². The van der Waals surface area contributed by atoms with Gasteiger partial charge >= 0.3 is 0 Å². The van der Waals surface area contributed by atoms with Crippen molar-refractivity contribution in [2.75, 3.05) is 0 Å². The normalized spacial score (nSPS) is 12.3. The fraction of sp³-hybridized carbons (Fsp3) is 0.125. The van der Waals surface area contributed by atoms with Gasteiger partial charge < -0.3 is 5.32 Å². The topological polar surface area (TPSA) is 42.0 Å². The average Bonchev–Trinajstić information content (AvgIpc) is 2.95.